The highest BCUT2D eigenvalue weighted by Crippen LogP contribution is 2.30. The molecule has 7 nitrogen and oxygen atoms in total. The molecule has 0 aliphatic rings. The molecule has 0 unspecified atom stereocenters. The first kappa shape index (κ1) is 22.9. The number of carbonyl (C=O) groups excluding carboxylic acids is 3. The quantitative estimate of drug-likeness (QED) is 0.607. The van der Waals surface area contributed by atoms with E-state index in [0.717, 1.165) is 12.0 Å². The van der Waals surface area contributed by atoms with E-state index in [-0.39, 0.29) is 17.9 Å². The Bertz CT molecular complexity index is 886. The zero-order chi connectivity index (χ0) is 22.1. The fourth-order valence-corrected chi connectivity index (χ4v) is 2.75. The minimum atomic E-state index is -0.476. The molecule has 0 saturated carbocycles. The Labute approximate surface area is 177 Å². The highest BCUT2D eigenvalue weighted by atomic mass is 16.5. The molecule has 3 amide bonds. The van der Waals surface area contributed by atoms with Crippen LogP contribution in [-0.4, -0.2) is 24.3 Å². The van der Waals surface area contributed by atoms with E-state index in [1.807, 2.05) is 31.2 Å². The molecule has 2 aromatic carbocycles. The van der Waals surface area contributed by atoms with Gasteiger partial charge >= 0.3 is 0 Å². The van der Waals surface area contributed by atoms with E-state index in [1.54, 1.807) is 24.3 Å². The van der Waals surface area contributed by atoms with Crippen LogP contribution in [0.25, 0.3) is 0 Å². The molecule has 30 heavy (non-hydrogen) atoms. The predicted octanol–water partition coefficient (Wildman–Crippen LogP) is 3.56. The fraction of sp³-hybridized carbons (Fsp3) is 0.348. The molecule has 0 fully saturated rings. The zero-order valence-electron chi connectivity index (χ0n) is 17.9. The monoisotopic (exact) mass is 411 g/mol. The van der Waals surface area contributed by atoms with E-state index in [0.29, 0.717) is 23.4 Å². The van der Waals surface area contributed by atoms with Gasteiger partial charge < -0.3 is 10.1 Å². The Morgan fingerprint density at radius 3 is 2.20 bits per heavy atom. The minimum Gasteiger partial charge on any atom is -0.483 e. The molecule has 0 spiro atoms. The summed E-state index contributed by atoms with van der Waals surface area (Å²) >= 11 is 0. The second-order valence-corrected chi connectivity index (χ2v) is 7.91. The van der Waals surface area contributed by atoms with Crippen LogP contribution in [-0.2, 0) is 15.0 Å². The van der Waals surface area contributed by atoms with Gasteiger partial charge in [-0.15, -0.1) is 0 Å². The first-order valence-corrected chi connectivity index (χ1v) is 9.92. The summed E-state index contributed by atoms with van der Waals surface area (Å²) in [6, 6.07) is 14.0. The van der Waals surface area contributed by atoms with Crippen molar-refractivity contribution in [2.75, 3.05) is 11.9 Å². The topological polar surface area (TPSA) is 96.5 Å². The number of hydrazine groups is 1. The average molecular weight is 412 g/mol. The van der Waals surface area contributed by atoms with Crippen molar-refractivity contribution in [3.63, 3.8) is 0 Å². The van der Waals surface area contributed by atoms with E-state index in [2.05, 4.69) is 36.9 Å². The number of hydrogen-bond acceptors (Lipinski definition) is 4. The van der Waals surface area contributed by atoms with Gasteiger partial charge in [0.1, 0.15) is 5.75 Å². The van der Waals surface area contributed by atoms with Gasteiger partial charge in [0.15, 0.2) is 6.61 Å². The van der Waals surface area contributed by atoms with Gasteiger partial charge in [-0.1, -0.05) is 45.9 Å². The van der Waals surface area contributed by atoms with E-state index in [9.17, 15) is 14.4 Å². The average Bonchev–Trinajstić information content (AvgIpc) is 2.70. The van der Waals surface area contributed by atoms with Crippen LogP contribution in [0, 0.1) is 0 Å². The third kappa shape index (κ3) is 6.92. The summed E-state index contributed by atoms with van der Waals surface area (Å²) in [7, 11) is 0. The molecule has 2 rings (SSSR count). The summed E-state index contributed by atoms with van der Waals surface area (Å²) in [5.41, 5.74) is 6.53. The molecule has 0 radical (unpaired) electrons. The van der Waals surface area contributed by atoms with Gasteiger partial charge in [-0.05, 0) is 47.7 Å². The van der Waals surface area contributed by atoms with Crippen LogP contribution in [0.5, 0.6) is 5.75 Å². The van der Waals surface area contributed by atoms with Gasteiger partial charge in [0.05, 0.1) is 0 Å². The molecule has 0 saturated heterocycles. The number of ether oxygens (including phenoxy) is 1. The van der Waals surface area contributed by atoms with Gasteiger partial charge in [0, 0.05) is 17.7 Å². The Morgan fingerprint density at radius 1 is 0.900 bits per heavy atom. The molecule has 3 N–H and O–H groups in total. The number of nitrogens with one attached hydrogen (secondary N) is 3. The molecular weight excluding hydrogens is 382 g/mol. The SMILES string of the molecule is CCCC(=O)Nc1ccc(C(=O)NNC(=O)COc2ccccc2C(C)(C)C)cc1. The fourth-order valence-electron chi connectivity index (χ4n) is 2.75. The number of anilines is 1. The first-order chi connectivity index (χ1) is 14.2. The van der Waals surface area contributed by atoms with Crippen molar-refractivity contribution in [2.24, 2.45) is 0 Å². The van der Waals surface area contributed by atoms with Gasteiger partial charge in [-0.3, -0.25) is 25.2 Å². The van der Waals surface area contributed by atoms with Gasteiger partial charge in [0.2, 0.25) is 5.91 Å². The lowest BCUT2D eigenvalue weighted by Crippen LogP contribution is -2.43. The van der Waals surface area contributed by atoms with Gasteiger partial charge in [-0.25, -0.2) is 0 Å². The molecule has 0 aliphatic heterocycles. The van der Waals surface area contributed by atoms with Crippen molar-refractivity contribution in [2.45, 2.75) is 46.0 Å². The van der Waals surface area contributed by atoms with E-state index >= 15 is 0 Å². The van der Waals surface area contributed by atoms with Crippen molar-refractivity contribution >= 4 is 23.4 Å². The van der Waals surface area contributed by atoms with Crippen molar-refractivity contribution < 1.29 is 19.1 Å². The maximum Gasteiger partial charge on any atom is 0.276 e. The maximum atomic E-state index is 12.2. The Balaban J connectivity index is 1.84. The molecule has 0 aromatic heterocycles. The Morgan fingerprint density at radius 2 is 1.57 bits per heavy atom. The zero-order valence-corrected chi connectivity index (χ0v) is 17.9. The van der Waals surface area contributed by atoms with Crippen molar-refractivity contribution in [1.29, 1.82) is 0 Å². The van der Waals surface area contributed by atoms with Crippen LogP contribution >= 0.6 is 0 Å². The molecule has 0 aliphatic carbocycles. The molecule has 0 atom stereocenters. The number of rotatable bonds is 7. The maximum absolute atomic E-state index is 12.2. The standard InChI is InChI=1S/C23H29N3O4/c1-5-8-20(27)24-17-13-11-16(12-14-17)22(29)26-25-21(28)15-30-19-10-7-6-9-18(19)23(2,3)4/h6-7,9-14H,5,8,15H2,1-4H3,(H,24,27)(H,25,28)(H,26,29). The molecule has 2 aromatic rings. The summed E-state index contributed by atoms with van der Waals surface area (Å²) in [6.45, 7) is 7.90. The summed E-state index contributed by atoms with van der Waals surface area (Å²) in [4.78, 5) is 35.8. The van der Waals surface area contributed by atoms with Crippen LogP contribution in [0.15, 0.2) is 48.5 Å². The first-order valence-electron chi connectivity index (χ1n) is 9.92. The number of carbonyl (C=O) groups is 3. The minimum absolute atomic E-state index is 0.0741. The van der Waals surface area contributed by atoms with Crippen LogP contribution in [0.4, 0.5) is 5.69 Å². The van der Waals surface area contributed by atoms with Gasteiger partial charge in [-0.2, -0.15) is 0 Å². The van der Waals surface area contributed by atoms with E-state index < -0.39 is 11.8 Å². The molecule has 0 heterocycles. The highest BCUT2D eigenvalue weighted by Gasteiger charge is 2.19. The number of para-hydroxylation sites is 1. The normalized spacial score (nSPS) is 10.8. The lowest BCUT2D eigenvalue weighted by atomic mass is 9.86. The van der Waals surface area contributed by atoms with Gasteiger partial charge in [0.25, 0.3) is 11.8 Å². The largest absolute Gasteiger partial charge is 0.483 e. The van der Waals surface area contributed by atoms with E-state index in [1.165, 1.54) is 0 Å². The molecule has 160 valence electrons. The Hall–Kier alpha value is -3.35. The molecule has 7 heteroatoms. The lowest BCUT2D eigenvalue weighted by Gasteiger charge is -2.22. The summed E-state index contributed by atoms with van der Waals surface area (Å²) < 4.78 is 5.63. The lowest BCUT2D eigenvalue weighted by molar-refractivity contribution is -0.123. The smallest absolute Gasteiger partial charge is 0.276 e. The highest BCUT2D eigenvalue weighted by molar-refractivity contribution is 5.96. The third-order valence-corrected chi connectivity index (χ3v) is 4.28. The summed E-state index contributed by atoms with van der Waals surface area (Å²) in [5.74, 6) is -0.387. The van der Waals surface area contributed by atoms with E-state index in [4.69, 9.17) is 4.74 Å². The molecular formula is C23H29N3O4. The Kier molecular flexibility index (Phi) is 7.98. The second-order valence-electron chi connectivity index (χ2n) is 7.91. The molecule has 0 bridgehead atoms. The summed E-state index contributed by atoms with van der Waals surface area (Å²) in [6.07, 6.45) is 1.20. The third-order valence-electron chi connectivity index (χ3n) is 4.28. The van der Waals surface area contributed by atoms with Crippen LogP contribution in [0.3, 0.4) is 0 Å². The number of hydrogen-bond donors (Lipinski definition) is 3. The van der Waals surface area contributed by atoms with Crippen LogP contribution in [0.2, 0.25) is 0 Å². The summed E-state index contributed by atoms with van der Waals surface area (Å²) in [5, 5.41) is 2.75. The predicted molar refractivity (Wildman–Crippen MR) is 116 cm³/mol. The van der Waals surface area contributed by atoms with Crippen molar-refractivity contribution in [1.82, 2.24) is 10.9 Å². The van der Waals surface area contributed by atoms with Crippen LogP contribution < -0.4 is 20.9 Å². The number of benzene rings is 2. The van der Waals surface area contributed by atoms with Crippen molar-refractivity contribution in [3.8, 4) is 5.75 Å². The second kappa shape index (κ2) is 10.4. The number of amides is 3. The van der Waals surface area contributed by atoms with Crippen LogP contribution in [0.1, 0.15) is 56.5 Å². The van der Waals surface area contributed by atoms with Crippen molar-refractivity contribution in [3.05, 3.63) is 59.7 Å².